The molecule has 1 unspecified atom stereocenters. The van der Waals surface area contributed by atoms with E-state index in [0.717, 1.165) is 12.4 Å². The van der Waals surface area contributed by atoms with Crippen LogP contribution in [0.5, 0.6) is 5.88 Å². The van der Waals surface area contributed by atoms with Gasteiger partial charge in [0.05, 0.1) is 23.1 Å². The predicted octanol–water partition coefficient (Wildman–Crippen LogP) is 3.01. The highest BCUT2D eigenvalue weighted by molar-refractivity contribution is 5.66. The van der Waals surface area contributed by atoms with Crippen molar-refractivity contribution in [3.05, 3.63) is 66.2 Å². The molecule has 0 bridgehead atoms. The number of rotatable bonds is 4. The van der Waals surface area contributed by atoms with Gasteiger partial charge in [-0.05, 0) is 18.2 Å². The zero-order chi connectivity index (χ0) is 20.6. The molecule has 0 saturated heterocycles. The van der Waals surface area contributed by atoms with Crippen LogP contribution < -0.4 is 5.32 Å². The molecule has 4 rings (SSSR count). The summed E-state index contributed by atoms with van der Waals surface area (Å²) in [6, 6.07) is 9.25. The average Bonchev–Trinajstić information content (AvgIpc) is 3.09. The van der Waals surface area contributed by atoms with Crippen LogP contribution in [0.3, 0.4) is 0 Å². The lowest BCUT2D eigenvalue weighted by Crippen LogP contribution is -2.14. The Morgan fingerprint density at radius 1 is 1.03 bits per heavy atom. The Morgan fingerprint density at radius 3 is 2.59 bits per heavy atom. The number of aliphatic hydroxyl groups is 1. The summed E-state index contributed by atoms with van der Waals surface area (Å²) in [5, 5.41) is 26.6. The topological polar surface area (TPSA) is 108 Å². The van der Waals surface area contributed by atoms with Gasteiger partial charge >= 0.3 is 6.18 Å². The van der Waals surface area contributed by atoms with Gasteiger partial charge in [-0.25, -0.2) is 15.0 Å². The first-order valence-electron chi connectivity index (χ1n) is 8.30. The number of alkyl halides is 3. The minimum Gasteiger partial charge on any atom is -0.493 e. The second-order valence-electron chi connectivity index (χ2n) is 6.02. The number of aromatic nitrogens is 5. The first-order chi connectivity index (χ1) is 13.8. The number of anilines is 1. The number of benzene rings is 1. The van der Waals surface area contributed by atoms with E-state index in [0.29, 0.717) is 5.65 Å². The number of hydrogen-bond acceptors (Lipinski definition) is 7. The van der Waals surface area contributed by atoms with Crippen LogP contribution in [0.4, 0.5) is 19.0 Å². The van der Waals surface area contributed by atoms with Crippen molar-refractivity contribution in [2.24, 2.45) is 0 Å². The number of imidazole rings is 1. The Kier molecular flexibility index (Phi) is 4.51. The number of aromatic hydroxyl groups is 1. The summed E-state index contributed by atoms with van der Waals surface area (Å²) < 4.78 is 41.3. The van der Waals surface area contributed by atoms with Crippen LogP contribution >= 0.6 is 0 Å². The fourth-order valence-corrected chi connectivity index (χ4v) is 2.79. The summed E-state index contributed by atoms with van der Waals surface area (Å²) in [6.45, 7) is 0. The van der Waals surface area contributed by atoms with E-state index >= 15 is 0 Å². The van der Waals surface area contributed by atoms with Crippen LogP contribution in [-0.2, 0) is 6.18 Å². The Labute approximate surface area is 161 Å². The van der Waals surface area contributed by atoms with E-state index < -0.39 is 18.0 Å². The van der Waals surface area contributed by atoms with Gasteiger partial charge in [0.15, 0.2) is 17.7 Å². The first-order valence-corrected chi connectivity index (χ1v) is 8.30. The van der Waals surface area contributed by atoms with Gasteiger partial charge in [-0.2, -0.15) is 22.8 Å². The molecular weight excluding hydrogens is 389 g/mol. The molecule has 0 fully saturated rings. The van der Waals surface area contributed by atoms with Gasteiger partial charge < -0.3 is 15.5 Å². The van der Waals surface area contributed by atoms with Gasteiger partial charge in [-0.3, -0.25) is 0 Å². The summed E-state index contributed by atoms with van der Waals surface area (Å²) in [4.78, 5) is 11.5. The number of aliphatic hydroxyl groups excluding tert-OH is 1. The molecule has 3 aromatic heterocycles. The lowest BCUT2D eigenvalue weighted by Gasteiger charge is -2.14. The molecule has 0 saturated carbocycles. The second kappa shape index (κ2) is 7.02. The number of nitrogens with one attached hydrogen (secondary N) is 1. The van der Waals surface area contributed by atoms with Crippen molar-refractivity contribution < 1.29 is 23.4 Å². The molecule has 0 spiro atoms. The van der Waals surface area contributed by atoms with Gasteiger partial charge in [-0.15, -0.1) is 0 Å². The minimum atomic E-state index is -4.53. The van der Waals surface area contributed by atoms with Crippen molar-refractivity contribution in [1.82, 2.24) is 24.6 Å². The number of halogens is 3. The first kappa shape index (κ1) is 18.6. The normalized spacial score (nSPS) is 12.8. The van der Waals surface area contributed by atoms with Crippen molar-refractivity contribution in [2.45, 2.75) is 12.4 Å². The van der Waals surface area contributed by atoms with Crippen molar-refractivity contribution in [2.75, 3.05) is 5.32 Å². The van der Waals surface area contributed by atoms with E-state index in [1.807, 2.05) is 0 Å². The third-order valence-corrected chi connectivity index (χ3v) is 4.11. The summed E-state index contributed by atoms with van der Waals surface area (Å²) in [5.41, 5.74) is -0.356. The third kappa shape index (κ3) is 3.67. The molecule has 0 aliphatic carbocycles. The quantitative estimate of drug-likeness (QED) is 0.450. The summed E-state index contributed by atoms with van der Waals surface area (Å²) in [6.07, 6.45) is -3.42. The van der Waals surface area contributed by atoms with Gasteiger partial charge in [0.1, 0.15) is 6.33 Å². The zero-order valence-corrected chi connectivity index (χ0v) is 14.5. The molecule has 0 aliphatic heterocycles. The molecule has 1 aromatic carbocycles. The van der Waals surface area contributed by atoms with Crippen molar-refractivity contribution >= 4 is 11.5 Å². The van der Waals surface area contributed by atoms with E-state index in [1.165, 1.54) is 47.1 Å². The van der Waals surface area contributed by atoms with Gasteiger partial charge in [0.25, 0.3) is 0 Å². The fraction of sp³-hybridized carbons (Fsp3) is 0.111. The average molecular weight is 402 g/mol. The molecule has 3 heterocycles. The van der Waals surface area contributed by atoms with Crippen LogP contribution in [-0.4, -0.2) is 34.8 Å². The maximum atomic E-state index is 13.3. The molecule has 8 nitrogen and oxygen atoms in total. The smallest absolute Gasteiger partial charge is 0.417 e. The molecule has 11 heteroatoms. The predicted molar refractivity (Wildman–Crippen MR) is 95.7 cm³/mol. The molecule has 4 aromatic rings. The number of hydrogen-bond donors (Lipinski definition) is 3. The SMILES string of the molecule is Oc1cc(C(O)Nc2cnc3ccc(-c4ccccc4C(F)(F)F)nn23)ncn1. The lowest BCUT2D eigenvalue weighted by molar-refractivity contribution is -0.137. The number of fused-ring (bicyclic) bond motifs is 1. The highest BCUT2D eigenvalue weighted by atomic mass is 19.4. The highest BCUT2D eigenvalue weighted by Gasteiger charge is 2.33. The van der Waals surface area contributed by atoms with Crippen LogP contribution in [0.15, 0.2) is 55.0 Å². The standard InChI is InChI=1S/C18H13F3N6O2/c19-18(20,21)11-4-2-1-3-10(11)12-5-6-14-22-8-15(27(14)26-12)25-17(29)13-7-16(28)24-9-23-13/h1-9,17,25,29H,(H,23,24,28). The summed E-state index contributed by atoms with van der Waals surface area (Å²) >= 11 is 0. The Bertz CT molecular complexity index is 1180. The maximum absolute atomic E-state index is 13.3. The monoisotopic (exact) mass is 402 g/mol. The van der Waals surface area contributed by atoms with Gasteiger partial charge in [0.2, 0.25) is 5.88 Å². The van der Waals surface area contributed by atoms with E-state index in [-0.39, 0.29) is 28.6 Å². The Hall–Kier alpha value is -3.73. The zero-order valence-electron chi connectivity index (χ0n) is 14.5. The molecule has 0 radical (unpaired) electrons. The summed E-state index contributed by atoms with van der Waals surface area (Å²) in [7, 11) is 0. The fourth-order valence-electron chi connectivity index (χ4n) is 2.79. The van der Waals surface area contributed by atoms with E-state index in [2.05, 4.69) is 25.4 Å². The third-order valence-electron chi connectivity index (χ3n) is 4.11. The molecule has 0 aliphatic rings. The van der Waals surface area contributed by atoms with Gasteiger partial charge in [0, 0.05) is 11.6 Å². The minimum absolute atomic E-state index is 0.0807. The molecule has 29 heavy (non-hydrogen) atoms. The molecule has 3 N–H and O–H groups in total. The molecule has 148 valence electrons. The second-order valence-corrected chi connectivity index (χ2v) is 6.02. The summed E-state index contributed by atoms with van der Waals surface area (Å²) in [5.74, 6) is -0.102. The van der Waals surface area contributed by atoms with E-state index in [4.69, 9.17) is 0 Å². The van der Waals surface area contributed by atoms with Crippen molar-refractivity contribution in [1.29, 1.82) is 0 Å². The highest BCUT2D eigenvalue weighted by Crippen LogP contribution is 2.36. The van der Waals surface area contributed by atoms with Crippen LogP contribution in [0.1, 0.15) is 17.5 Å². The van der Waals surface area contributed by atoms with E-state index in [9.17, 15) is 23.4 Å². The lowest BCUT2D eigenvalue weighted by atomic mass is 10.0. The van der Waals surface area contributed by atoms with Crippen LogP contribution in [0.2, 0.25) is 0 Å². The van der Waals surface area contributed by atoms with Gasteiger partial charge in [-0.1, -0.05) is 18.2 Å². The van der Waals surface area contributed by atoms with Crippen molar-refractivity contribution in [3.63, 3.8) is 0 Å². The van der Waals surface area contributed by atoms with E-state index in [1.54, 1.807) is 0 Å². The Morgan fingerprint density at radius 2 is 1.83 bits per heavy atom. The molecule has 0 amide bonds. The van der Waals surface area contributed by atoms with Crippen molar-refractivity contribution in [3.8, 4) is 17.1 Å². The number of nitrogens with zero attached hydrogens (tertiary/aromatic N) is 5. The largest absolute Gasteiger partial charge is 0.493 e. The van der Waals surface area contributed by atoms with Crippen LogP contribution in [0.25, 0.3) is 16.9 Å². The Balaban J connectivity index is 1.73. The molecular formula is C18H13F3N6O2. The van der Waals surface area contributed by atoms with Crippen LogP contribution in [0, 0.1) is 0 Å². The molecule has 1 atom stereocenters. The maximum Gasteiger partial charge on any atom is 0.417 e.